The summed E-state index contributed by atoms with van der Waals surface area (Å²) >= 11 is 1.82. The fourth-order valence-electron chi connectivity index (χ4n) is 2.91. The molecule has 132 valence electrons. The summed E-state index contributed by atoms with van der Waals surface area (Å²) < 4.78 is 2.24. The zero-order chi connectivity index (χ0) is 16.2. The van der Waals surface area contributed by atoms with E-state index in [-0.39, 0.29) is 24.0 Å². The quantitative estimate of drug-likeness (QED) is 0.418. The maximum atomic E-state index is 4.31. The fourth-order valence-corrected chi connectivity index (χ4v) is 3.74. The van der Waals surface area contributed by atoms with E-state index in [2.05, 4.69) is 49.4 Å². The Morgan fingerprint density at radius 3 is 2.88 bits per heavy atom. The molecule has 0 spiro atoms. The van der Waals surface area contributed by atoms with E-state index in [1.54, 1.807) is 0 Å². The highest BCUT2D eigenvalue weighted by Gasteiger charge is 2.21. The third-order valence-electron chi connectivity index (χ3n) is 4.24. The molecule has 6 nitrogen and oxygen atoms in total. The summed E-state index contributed by atoms with van der Waals surface area (Å²) in [7, 11) is 1.82. The Morgan fingerprint density at radius 1 is 1.33 bits per heavy atom. The van der Waals surface area contributed by atoms with E-state index in [1.165, 1.54) is 9.75 Å². The van der Waals surface area contributed by atoms with E-state index >= 15 is 0 Å². The summed E-state index contributed by atoms with van der Waals surface area (Å²) in [4.78, 5) is 6.98. The summed E-state index contributed by atoms with van der Waals surface area (Å²) in [5.74, 6) is 3.58. The highest BCUT2D eigenvalue weighted by molar-refractivity contribution is 14.0. The number of nitrogens with one attached hydrogen (secondary N) is 2. The first-order chi connectivity index (χ1) is 11.2. The minimum Gasteiger partial charge on any atom is -0.356 e. The van der Waals surface area contributed by atoms with Gasteiger partial charge in [0.2, 0.25) is 0 Å². The number of fused-ring (bicyclic) bond motifs is 1. The van der Waals surface area contributed by atoms with Gasteiger partial charge >= 0.3 is 0 Å². The number of rotatable bonds is 4. The summed E-state index contributed by atoms with van der Waals surface area (Å²) in [5.41, 5.74) is 0. The molecular formula is C16H25IN6S. The number of aromatic nitrogens is 3. The zero-order valence-corrected chi connectivity index (χ0v) is 17.5. The van der Waals surface area contributed by atoms with Gasteiger partial charge in [-0.1, -0.05) is 0 Å². The molecule has 0 amide bonds. The van der Waals surface area contributed by atoms with Crippen LogP contribution in [0.4, 0.5) is 0 Å². The van der Waals surface area contributed by atoms with Crippen LogP contribution in [0.1, 0.15) is 27.8 Å². The van der Waals surface area contributed by atoms with Gasteiger partial charge in [0, 0.05) is 36.3 Å². The topological polar surface area (TPSA) is 67.1 Å². The molecule has 0 saturated heterocycles. The monoisotopic (exact) mass is 460 g/mol. The fraction of sp³-hybridized carbons (Fsp3) is 0.562. The lowest BCUT2D eigenvalue weighted by Crippen LogP contribution is -2.41. The molecule has 2 aromatic rings. The van der Waals surface area contributed by atoms with Gasteiger partial charge in [-0.3, -0.25) is 4.99 Å². The molecule has 24 heavy (non-hydrogen) atoms. The molecule has 1 atom stereocenters. The lowest BCUT2D eigenvalue weighted by molar-refractivity contribution is 0.358. The molecule has 3 rings (SSSR count). The zero-order valence-electron chi connectivity index (χ0n) is 14.4. The van der Waals surface area contributed by atoms with E-state index < -0.39 is 0 Å². The molecule has 0 saturated carbocycles. The van der Waals surface area contributed by atoms with E-state index in [9.17, 15) is 0 Å². The molecule has 0 fully saturated rings. The number of nitrogens with zero attached hydrogens (tertiary/aromatic N) is 4. The maximum absolute atomic E-state index is 4.31. The molecule has 0 aromatic carbocycles. The minimum absolute atomic E-state index is 0. The lowest BCUT2D eigenvalue weighted by atomic mass is 9.99. The van der Waals surface area contributed by atoms with Gasteiger partial charge < -0.3 is 15.2 Å². The van der Waals surface area contributed by atoms with Crippen LogP contribution in [0.25, 0.3) is 0 Å². The number of thiophene rings is 1. The van der Waals surface area contributed by atoms with E-state index in [1.807, 2.05) is 25.3 Å². The van der Waals surface area contributed by atoms with Gasteiger partial charge in [0.05, 0.1) is 6.54 Å². The van der Waals surface area contributed by atoms with E-state index in [4.69, 9.17) is 0 Å². The smallest absolute Gasteiger partial charge is 0.191 e. The highest BCUT2D eigenvalue weighted by Crippen LogP contribution is 2.19. The van der Waals surface area contributed by atoms with Crippen LogP contribution >= 0.6 is 35.3 Å². The first-order valence-electron chi connectivity index (χ1n) is 8.04. The Bertz CT molecular complexity index is 693. The normalized spacial score (nSPS) is 17.1. The second-order valence-electron chi connectivity index (χ2n) is 6.00. The van der Waals surface area contributed by atoms with Crippen molar-refractivity contribution in [3.8, 4) is 0 Å². The SMILES string of the molecule is CN=C(NCc1ccc(C)s1)NCC1CCc2nnc(C)n2C1.I. The predicted molar refractivity (Wildman–Crippen MR) is 109 cm³/mol. The highest BCUT2D eigenvalue weighted by atomic mass is 127. The molecular weight excluding hydrogens is 435 g/mol. The first-order valence-corrected chi connectivity index (χ1v) is 8.86. The number of aryl methyl sites for hydroxylation is 3. The summed E-state index contributed by atoms with van der Waals surface area (Å²) in [6.07, 6.45) is 2.15. The van der Waals surface area contributed by atoms with Crippen molar-refractivity contribution in [2.24, 2.45) is 10.9 Å². The maximum Gasteiger partial charge on any atom is 0.191 e. The van der Waals surface area contributed by atoms with Crippen molar-refractivity contribution in [1.82, 2.24) is 25.4 Å². The van der Waals surface area contributed by atoms with Crippen LogP contribution in [0, 0.1) is 19.8 Å². The number of aliphatic imine (C=N–C) groups is 1. The number of hydrogen-bond donors (Lipinski definition) is 2. The molecule has 8 heteroatoms. The standard InChI is InChI=1S/C16H24N6S.HI/c1-11-4-6-14(23-11)9-19-16(17-3)18-8-13-5-7-15-21-20-12(2)22(15)10-13;/h4,6,13H,5,7-10H2,1-3H3,(H2,17,18,19);1H. The average molecular weight is 460 g/mol. The van der Waals surface area contributed by atoms with Crippen LogP contribution in [-0.4, -0.2) is 34.3 Å². The van der Waals surface area contributed by atoms with Crippen molar-refractivity contribution < 1.29 is 0 Å². The van der Waals surface area contributed by atoms with Crippen LogP contribution < -0.4 is 10.6 Å². The van der Waals surface area contributed by atoms with E-state index in [0.29, 0.717) is 5.92 Å². The van der Waals surface area contributed by atoms with Gasteiger partial charge in [0.15, 0.2) is 5.96 Å². The van der Waals surface area contributed by atoms with Gasteiger partial charge in [-0.25, -0.2) is 0 Å². The van der Waals surface area contributed by atoms with Crippen LogP contribution in [-0.2, 0) is 19.5 Å². The number of halogens is 1. The first kappa shape index (κ1) is 19.2. The second-order valence-corrected chi connectivity index (χ2v) is 7.37. The average Bonchev–Trinajstić information content (AvgIpc) is 3.14. The van der Waals surface area contributed by atoms with Crippen molar-refractivity contribution in [3.63, 3.8) is 0 Å². The predicted octanol–water partition coefficient (Wildman–Crippen LogP) is 2.50. The van der Waals surface area contributed by atoms with Gasteiger partial charge in [0.1, 0.15) is 11.6 Å². The van der Waals surface area contributed by atoms with Crippen LogP contribution in [0.15, 0.2) is 17.1 Å². The van der Waals surface area contributed by atoms with Crippen molar-refractivity contribution in [2.45, 2.75) is 39.8 Å². The molecule has 2 N–H and O–H groups in total. The lowest BCUT2D eigenvalue weighted by Gasteiger charge is -2.25. The summed E-state index contributed by atoms with van der Waals surface area (Å²) in [6.45, 7) is 6.88. The van der Waals surface area contributed by atoms with E-state index in [0.717, 1.165) is 50.1 Å². The van der Waals surface area contributed by atoms with Crippen molar-refractivity contribution in [1.29, 1.82) is 0 Å². The third-order valence-corrected chi connectivity index (χ3v) is 5.24. The van der Waals surface area contributed by atoms with Crippen LogP contribution in [0.2, 0.25) is 0 Å². The van der Waals surface area contributed by atoms with Gasteiger partial charge in [-0.15, -0.1) is 45.5 Å². The minimum atomic E-state index is 0. The summed E-state index contributed by atoms with van der Waals surface area (Å²) in [5, 5.41) is 15.2. The molecule has 0 radical (unpaired) electrons. The van der Waals surface area contributed by atoms with Gasteiger partial charge in [-0.2, -0.15) is 0 Å². The summed E-state index contributed by atoms with van der Waals surface area (Å²) in [6, 6.07) is 4.32. The Morgan fingerprint density at radius 2 is 2.17 bits per heavy atom. The Labute approximate surface area is 164 Å². The Kier molecular flexibility index (Phi) is 7.02. The van der Waals surface area contributed by atoms with Crippen molar-refractivity contribution >= 4 is 41.3 Å². The number of hydrogen-bond acceptors (Lipinski definition) is 4. The second kappa shape index (κ2) is 8.80. The molecule has 1 aliphatic rings. The Balaban J connectivity index is 0.00000208. The molecule has 1 aliphatic heterocycles. The number of guanidine groups is 1. The van der Waals surface area contributed by atoms with Gasteiger partial charge in [-0.05, 0) is 38.3 Å². The Hall–Kier alpha value is -1.16. The van der Waals surface area contributed by atoms with Crippen molar-refractivity contribution in [3.05, 3.63) is 33.5 Å². The molecule has 2 aromatic heterocycles. The van der Waals surface area contributed by atoms with Gasteiger partial charge in [0.25, 0.3) is 0 Å². The van der Waals surface area contributed by atoms with Crippen LogP contribution in [0.3, 0.4) is 0 Å². The third kappa shape index (κ3) is 4.69. The molecule has 1 unspecified atom stereocenters. The van der Waals surface area contributed by atoms with Crippen LogP contribution in [0.5, 0.6) is 0 Å². The largest absolute Gasteiger partial charge is 0.356 e. The molecule has 3 heterocycles. The molecule has 0 bridgehead atoms. The van der Waals surface area contributed by atoms with Crippen molar-refractivity contribution in [2.75, 3.05) is 13.6 Å². The molecule has 0 aliphatic carbocycles.